The fourth-order valence-electron chi connectivity index (χ4n) is 2.13. The molecule has 102 valence electrons. The van der Waals surface area contributed by atoms with Gasteiger partial charge in [-0.2, -0.15) is 0 Å². The lowest BCUT2D eigenvalue weighted by atomic mass is 10.2. The van der Waals surface area contributed by atoms with E-state index < -0.39 is 0 Å². The monoisotopic (exact) mass is 333 g/mol. The molecule has 0 saturated heterocycles. The molecule has 0 aliphatic rings. The summed E-state index contributed by atoms with van der Waals surface area (Å²) in [4.78, 5) is 0. The smallest absolute Gasteiger partial charge is 0.146 e. The number of halogens is 2. The van der Waals surface area contributed by atoms with Crippen LogP contribution in [0.1, 0.15) is 18.7 Å². The van der Waals surface area contributed by atoms with Gasteiger partial charge in [-0.15, -0.1) is 0 Å². The van der Waals surface area contributed by atoms with Crippen LogP contribution in [0.2, 0.25) is 0 Å². The number of anilines is 1. The van der Waals surface area contributed by atoms with Gasteiger partial charge >= 0.3 is 0 Å². The van der Waals surface area contributed by atoms with Gasteiger partial charge in [-0.25, -0.2) is 4.39 Å². The Labute approximate surface area is 124 Å². The van der Waals surface area contributed by atoms with E-state index >= 15 is 0 Å². The summed E-state index contributed by atoms with van der Waals surface area (Å²) in [5.74, 6) is 0.513. The first-order valence-electron chi connectivity index (χ1n) is 6.33. The van der Waals surface area contributed by atoms with E-state index in [4.69, 9.17) is 4.42 Å². The quantitative estimate of drug-likeness (QED) is 0.683. The summed E-state index contributed by atoms with van der Waals surface area (Å²) in [6, 6.07) is 14.3. The number of rotatable bonds is 3. The number of fused-ring (bicyclic) bond motifs is 1. The molecule has 20 heavy (non-hydrogen) atoms. The standard InChI is InChI=1S/C16H13BrFNO/c1-10(19-14-5-3-2-4-13(14)18)16-9-11-8-12(17)6-7-15(11)20-16/h2-10,19H,1H3. The molecule has 4 heteroatoms. The van der Waals surface area contributed by atoms with E-state index in [0.29, 0.717) is 5.69 Å². The van der Waals surface area contributed by atoms with E-state index in [2.05, 4.69) is 21.2 Å². The number of hydrogen-bond acceptors (Lipinski definition) is 2. The minimum Gasteiger partial charge on any atom is -0.459 e. The molecule has 0 radical (unpaired) electrons. The second kappa shape index (κ2) is 5.29. The van der Waals surface area contributed by atoms with Crippen LogP contribution >= 0.6 is 15.9 Å². The molecule has 1 N–H and O–H groups in total. The highest BCUT2D eigenvalue weighted by Gasteiger charge is 2.13. The topological polar surface area (TPSA) is 25.2 Å². The summed E-state index contributed by atoms with van der Waals surface area (Å²) in [7, 11) is 0. The molecule has 1 aromatic heterocycles. The van der Waals surface area contributed by atoms with Crippen molar-refractivity contribution in [2.75, 3.05) is 5.32 Å². The maximum absolute atomic E-state index is 13.6. The zero-order chi connectivity index (χ0) is 14.1. The molecule has 0 aliphatic heterocycles. The third kappa shape index (κ3) is 2.56. The van der Waals surface area contributed by atoms with Crippen LogP contribution in [0.4, 0.5) is 10.1 Å². The van der Waals surface area contributed by atoms with Gasteiger partial charge in [0.1, 0.15) is 17.2 Å². The lowest BCUT2D eigenvalue weighted by Gasteiger charge is -2.13. The van der Waals surface area contributed by atoms with Gasteiger partial charge in [0.05, 0.1) is 11.7 Å². The van der Waals surface area contributed by atoms with Crippen molar-refractivity contribution in [1.82, 2.24) is 0 Å². The number of hydrogen-bond donors (Lipinski definition) is 1. The number of para-hydroxylation sites is 1. The average Bonchev–Trinajstić information content (AvgIpc) is 2.84. The Bertz CT molecular complexity index is 753. The van der Waals surface area contributed by atoms with Gasteiger partial charge in [0.25, 0.3) is 0 Å². The molecule has 1 heterocycles. The first-order chi connectivity index (χ1) is 9.63. The zero-order valence-corrected chi connectivity index (χ0v) is 12.4. The SMILES string of the molecule is CC(Nc1ccccc1F)c1cc2cc(Br)ccc2o1. The van der Waals surface area contributed by atoms with E-state index in [9.17, 15) is 4.39 Å². The van der Waals surface area contributed by atoms with Gasteiger partial charge in [0.2, 0.25) is 0 Å². The molecule has 2 aromatic carbocycles. The summed E-state index contributed by atoms with van der Waals surface area (Å²) in [6.45, 7) is 1.94. The summed E-state index contributed by atoms with van der Waals surface area (Å²) in [5.41, 5.74) is 1.30. The molecule has 2 nitrogen and oxygen atoms in total. The molecule has 0 saturated carbocycles. The second-order valence-corrected chi connectivity index (χ2v) is 5.59. The lowest BCUT2D eigenvalue weighted by Crippen LogP contribution is -2.06. The number of nitrogens with one attached hydrogen (secondary N) is 1. The minimum atomic E-state index is -0.266. The van der Waals surface area contributed by atoms with Crippen LogP contribution in [-0.4, -0.2) is 0 Å². The Morgan fingerprint density at radius 1 is 1.15 bits per heavy atom. The first-order valence-corrected chi connectivity index (χ1v) is 7.13. The van der Waals surface area contributed by atoms with Gasteiger partial charge in [-0.05, 0) is 43.3 Å². The normalized spacial score (nSPS) is 12.6. The fraction of sp³-hybridized carbons (Fsp3) is 0.125. The van der Waals surface area contributed by atoms with Crippen LogP contribution in [0.5, 0.6) is 0 Å². The van der Waals surface area contributed by atoms with Crippen molar-refractivity contribution in [3.05, 3.63) is 64.6 Å². The number of benzene rings is 2. The average molecular weight is 334 g/mol. The maximum atomic E-state index is 13.6. The Balaban J connectivity index is 1.89. The number of furan rings is 1. The van der Waals surface area contributed by atoms with Crippen LogP contribution < -0.4 is 5.32 Å². The third-order valence-corrected chi connectivity index (χ3v) is 3.66. The molecule has 0 fully saturated rings. The summed E-state index contributed by atoms with van der Waals surface area (Å²) in [6.07, 6.45) is 0. The lowest BCUT2D eigenvalue weighted by molar-refractivity contribution is 0.524. The molecule has 3 rings (SSSR count). The second-order valence-electron chi connectivity index (χ2n) is 4.68. The summed E-state index contributed by atoms with van der Waals surface area (Å²) in [5, 5.41) is 4.15. The molecular formula is C16H13BrFNO. The van der Waals surface area contributed by atoms with Gasteiger partial charge in [-0.1, -0.05) is 28.1 Å². The fourth-order valence-corrected chi connectivity index (χ4v) is 2.51. The Morgan fingerprint density at radius 2 is 1.95 bits per heavy atom. The third-order valence-electron chi connectivity index (χ3n) is 3.17. The maximum Gasteiger partial charge on any atom is 0.146 e. The van der Waals surface area contributed by atoms with Gasteiger partial charge in [0.15, 0.2) is 0 Å². The highest BCUT2D eigenvalue weighted by atomic mass is 79.9. The predicted octanol–water partition coefficient (Wildman–Crippen LogP) is 5.51. The zero-order valence-electron chi connectivity index (χ0n) is 10.9. The van der Waals surface area contributed by atoms with Crippen molar-refractivity contribution in [3.8, 4) is 0 Å². The van der Waals surface area contributed by atoms with Gasteiger partial charge in [0, 0.05) is 9.86 Å². The Morgan fingerprint density at radius 3 is 2.75 bits per heavy atom. The van der Waals surface area contributed by atoms with Gasteiger partial charge in [-0.3, -0.25) is 0 Å². The minimum absolute atomic E-state index is 0.113. The molecule has 3 aromatic rings. The van der Waals surface area contributed by atoms with E-state index in [1.807, 2.05) is 31.2 Å². The van der Waals surface area contributed by atoms with Crippen molar-refractivity contribution in [2.45, 2.75) is 13.0 Å². The van der Waals surface area contributed by atoms with Gasteiger partial charge < -0.3 is 9.73 Å². The Hall–Kier alpha value is -1.81. The van der Waals surface area contributed by atoms with E-state index in [-0.39, 0.29) is 11.9 Å². The van der Waals surface area contributed by atoms with E-state index in [1.54, 1.807) is 18.2 Å². The van der Waals surface area contributed by atoms with Crippen molar-refractivity contribution in [3.63, 3.8) is 0 Å². The van der Waals surface area contributed by atoms with Crippen molar-refractivity contribution in [2.24, 2.45) is 0 Å². The molecule has 0 bridgehead atoms. The predicted molar refractivity (Wildman–Crippen MR) is 82.4 cm³/mol. The Kier molecular flexibility index (Phi) is 3.49. The van der Waals surface area contributed by atoms with Crippen molar-refractivity contribution >= 4 is 32.6 Å². The van der Waals surface area contributed by atoms with E-state index in [1.165, 1.54) is 6.07 Å². The highest BCUT2D eigenvalue weighted by Crippen LogP contribution is 2.28. The molecule has 1 unspecified atom stereocenters. The molecular weight excluding hydrogens is 321 g/mol. The molecule has 0 spiro atoms. The molecule has 0 amide bonds. The van der Waals surface area contributed by atoms with Crippen LogP contribution in [-0.2, 0) is 0 Å². The van der Waals surface area contributed by atoms with Crippen molar-refractivity contribution < 1.29 is 8.81 Å². The van der Waals surface area contributed by atoms with Crippen LogP contribution in [0, 0.1) is 5.82 Å². The first kappa shape index (κ1) is 13.2. The van der Waals surface area contributed by atoms with Crippen molar-refractivity contribution in [1.29, 1.82) is 0 Å². The summed E-state index contributed by atoms with van der Waals surface area (Å²) < 4.78 is 20.4. The van der Waals surface area contributed by atoms with Crippen LogP contribution in [0.3, 0.4) is 0 Å². The largest absolute Gasteiger partial charge is 0.459 e. The summed E-state index contributed by atoms with van der Waals surface area (Å²) >= 11 is 3.44. The highest BCUT2D eigenvalue weighted by molar-refractivity contribution is 9.10. The molecule has 1 atom stereocenters. The van der Waals surface area contributed by atoms with E-state index in [0.717, 1.165) is 21.2 Å². The van der Waals surface area contributed by atoms with Crippen LogP contribution in [0.25, 0.3) is 11.0 Å². The van der Waals surface area contributed by atoms with Crippen LogP contribution in [0.15, 0.2) is 57.4 Å². The molecule has 0 aliphatic carbocycles.